The number of rotatable bonds is 6. The van der Waals surface area contributed by atoms with E-state index in [1.54, 1.807) is 17.5 Å². The number of hydrogen-bond donors (Lipinski definition) is 1. The quantitative estimate of drug-likeness (QED) is 0.323. The molecule has 0 spiro atoms. The molecular weight excluding hydrogens is 468 g/mol. The van der Waals surface area contributed by atoms with Gasteiger partial charge in [-0.05, 0) is 18.2 Å². The van der Waals surface area contributed by atoms with Crippen molar-refractivity contribution in [3.63, 3.8) is 0 Å². The van der Waals surface area contributed by atoms with Crippen molar-refractivity contribution < 1.29 is 17.5 Å². The summed E-state index contributed by atoms with van der Waals surface area (Å²) in [6.45, 7) is 0.485. The minimum atomic E-state index is -4.00. The molecule has 0 saturated heterocycles. The molecule has 2 aromatic carbocycles. The predicted octanol–water partition coefficient (Wildman–Crippen LogP) is 4.12. The maximum atomic E-state index is 11.3. The molecule has 0 unspecified atom stereocenters. The first-order valence-corrected chi connectivity index (χ1v) is 13.3. The number of nitrogens with zero attached hydrogens (tertiary/aromatic N) is 4. The standard InChI is InChI=1S/C25H24N4O3S2/c1-27-14-12-26-25(27)20-16-18(28(2)21-9-4-3-8-19(20)21)17-24-29(13-7-15-34(30,31)32)22-10-5-6-11-23(22)33-24/h3-6,8-12,14,16-17H,7,13,15H2,1-2H3/p+1. The van der Waals surface area contributed by atoms with Crippen molar-refractivity contribution in [3.8, 4) is 0 Å². The summed E-state index contributed by atoms with van der Waals surface area (Å²) in [5.74, 6) is 0.625. The fraction of sp³-hybridized carbons (Fsp3) is 0.200. The maximum Gasteiger partial charge on any atom is 0.265 e. The molecule has 2 aromatic heterocycles. The molecule has 0 bridgehead atoms. The Morgan fingerprint density at radius 1 is 1.12 bits per heavy atom. The van der Waals surface area contributed by atoms with E-state index in [1.165, 1.54) is 0 Å². The van der Waals surface area contributed by atoms with E-state index < -0.39 is 10.1 Å². The summed E-state index contributed by atoms with van der Waals surface area (Å²) >= 11 is 1.66. The Labute approximate surface area is 202 Å². The zero-order valence-corrected chi connectivity index (χ0v) is 20.6. The molecule has 0 atom stereocenters. The summed E-state index contributed by atoms with van der Waals surface area (Å²) < 4.78 is 37.0. The highest BCUT2D eigenvalue weighted by atomic mass is 32.2. The molecule has 1 aliphatic rings. The van der Waals surface area contributed by atoms with Gasteiger partial charge in [-0.25, -0.2) is 4.98 Å². The van der Waals surface area contributed by atoms with E-state index in [-0.39, 0.29) is 5.75 Å². The van der Waals surface area contributed by atoms with Gasteiger partial charge in [0.25, 0.3) is 15.1 Å². The summed E-state index contributed by atoms with van der Waals surface area (Å²) in [6.07, 6.45) is 8.35. The highest BCUT2D eigenvalue weighted by Gasteiger charge is 2.25. The summed E-state index contributed by atoms with van der Waals surface area (Å²) in [5.41, 5.74) is 5.31. The number of aryl methyl sites for hydroxylation is 2. The number of hydrogen-bond acceptors (Lipinski definition) is 5. The van der Waals surface area contributed by atoms with Crippen LogP contribution < -0.4 is 9.47 Å². The first kappa shape index (κ1) is 22.5. The summed E-state index contributed by atoms with van der Waals surface area (Å²) in [5, 5.41) is 1.01. The van der Waals surface area contributed by atoms with Crippen molar-refractivity contribution in [2.75, 3.05) is 17.7 Å². The molecule has 9 heteroatoms. The minimum absolute atomic E-state index is 0.267. The SMILES string of the molecule is CN1/C(=C/c2sc3ccccc3[n+]2CCCS(=O)(=O)O)C=C(c2nccn2C)c2ccccc21. The van der Waals surface area contributed by atoms with E-state index >= 15 is 0 Å². The number of thiazole rings is 1. The van der Waals surface area contributed by atoms with Crippen LogP contribution in [0.3, 0.4) is 0 Å². The molecule has 0 saturated carbocycles. The zero-order chi connectivity index (χ0) is 23.9. The number of likely N-dealkylation sites (N-methyl/N-ethyl adjacent to an activating group) is 1. The highest BCUT2D eigenvalue weighted by Crippen LogP contribution is 2.38. The van der Waals surface area contributed by atoms with Gasteiger partial charge in [0.15, 0.2) is 6.54 Å². The van der Waals surface area contributed by atoms with Gasteiger partial charge >= 0.3 is 0 Å². The Balaban J connectivity index is 1.63. The van der Waals surface area contributed by atoms with Crippen LogP contribution in [0.1, 0.15) is 22.8 Å². The van der Waals surface area contributed by atoms with Gasteiger partial charge in [0.05, 0.1) is 5.75 Å². The third kappa shape index (κ3) is 4.29. The molecular formula is C25H25N4O3S2+. The second-order valence-corrected chi connectivity index (χ2v) is 10.9. The van der Waals surface area contributed by atoms with Crippen molar-refractivity contribution in [2.24, 2.45) is 7.05 Å². The average molecular weight is 494 g/mol. The van der Waals surface area contributed by atoms with Crippen LogP contribution in [0, 0.1) is 0 Å². The largest absolute Gasteiger partial charge is 0.344 e. The zero-order valence-electron chi connectivity index (χ0n) is 18.9. The third-order valence-electron chi connectivity index (χ3n) is 5.99. The maximum absolute atomic E-state index is 11.3. The van der Waals surface area contributed by atoms with Gasteiger partial charge in [-0.2, -0.15) is 13.0 Å². The second-order valence-electron chi connectivity index (χ2n) is 8.26. The van der Waals surface area contributed by atoms with Gasteiger partial charge in [0.2, 0.25) is 5.52 Å². The smallest absolute Gasteiger partial charge is 0.265 e. The molecule has 0 amide bonds. The van der Waals surface area contributed by atoms with Gasteiger partial charge < -0.3 is 9.47 Å². The van der Waals surface area contributed by atoms with Gasteiger partial charge in [-0.15, -0.1) is 0 Å². The Morgan fingerprint density at radius 3 is 2.65 bits per heavy atom. The Kier molecular flexibility index (Phi) is 5.85. The van der Waals surface area contributed by atoms with Gasteiger partial charge in [-0.1, -0.05) is 41.7 Å². The third-order valence-corrected chi connectivity index (χ3v) is 7.91. The molecule has 34 heavy (non-hydrogen) atoms. The first-order valence-electron chi connectivity index (χ1n) is 10.9. The molecule has 174 valence electrons. The summed E-state index contributed by atoms with van der Waals surface area (Å²) in [6, 6.07) is 16.4. The predicted molar refractivity (Wildman–Crippen MR) is 136 cm³/mol. The number of aromatic nitrogens is 3. The lowest BCUT2D eigenvalue weighted by Gasteiger charge is -2.29. The van der Waals surface area contributed by atoms with Crippen molar-refractivity contribution in [3.05, 3.63) is 89.1 Å². The summed E-state index contributed by atoms with van der Waals surface area (Å²) in [7, 11) is 0.0350. The van der Waals surface area contributed by atoms with E-state index in [0.29, 0.717) is 13.0 Å². The average Bonchev–Trinajstić information content (AvgIpc) is 3.38. The highest BCUT2D eigenvalue weighted by molar-refractivity contribution is 7.85. The van der Waals surface area contributed by atoms with E-state index in [2.05, 4.69) is 44.8 Å². The molecule has 7 nitrogen and oxygen atoms in total. The monoisotopic (exact) mass is 493 g/mol. The number of imidazole rings is 1. The number of para-hydroxylation sites is 2. The number of benzene rings is 2. The fourth-order valence-electron chi connectivity index (χ4n) is 4.33. The normalized spacial score (nSPS) is 15.1. The summed E-state index contributed by atoms with van der Waals surface area (Å²) in [4.78, 5) is 6.75. The van der Waals surface area contributed by atoms with Crippen molar-refractivity contribution in [2.45, 2.75) is 13.0 Å². The van der Waals surface area contributed by atoms with Crippen LogP contribution in [0.4, 0.5) is 5.69 Å². The van der Waals surface area contributed by atoms with Crippen LogP contribution in [0.15, 0.2) is 72.7 Å². The van der Waals surface area contributed by atoms with Crippen LogP contribution in [-0.2, 0) is 23.7 Å². The second kappa shape index (κ2) is 8.83. The van der Waals surface area contributed by atoms with Crippen molar-refractivity contribution in [1.29, 1.82) is 0 Å². The van der Waals surface area contributed by atoms with Crippen molar-refractivity contribution >= 4 is 49.0 Å². The van der Waals surface area contributed by atoms with Crippen LogP contribution in [0.25, 0.3) is 21.9 Å². The van der Waals surface area contributed by atoms with Crippen LogP contribution in [-0.4, -0.2) is 35.3 Å². The molecule has 1 aliphatic heterocycles. The van der Waals surface area contributed by atoms with E-state index in [9.17, 15) is 13.0 Å². The molecule has 0 aliphatic carbocycles. The van der Waals surface area contributed by atoms with Crippen LogP contribution >= 0.6 is 11.3 Å². The van der Waals surface area contributed by atoms with Gasteiger partial charge in [-0.3, -0.25) is 4.55 Å². The number of anilines is 1. The van der Waals surface area contributed by atoms with Gasteiger partial charge in [0, 0.05) is 67.6 Å². The molecule has 4 aromatic rings. The van der Waals surface area contributed by atoms with Crippen molar-refractivity contribution in [1.82, 2.24) is 9.55 Å². The lowest BCUT2D eigenvalue weighted by molar-refractivity contribution is -0.668. The Morgan fingerprint density at radius 2 is 1.88 bits per heavy atom. The molecule has 1 N–H and O–H groups in total. The van der Waals surface area contributed by atoms with E-state index in [0.717, 1.165) is 43.6 Å². The topological polar surface area (TPSA) is 79.3 Å². The van der Waals surface area contributed by atoms with E-state index in [1.807, 2.05) is 55.2 Å². The lowest BCUT2D eigenvalue weighted by atomic mass is 9.97. The lowest BCUT2D eigenvalue weighted by Crippen LogP contribution is -2.36. The molecule has 0 radical (unpaired) electrons. The van der Waals surface area contributed by atoms with Gasteiger partial charge in [0.1, 0.15) is 10.5 Å². The van der Waals surface area contributed by atoms with Crippen LogP contribution in [0.2, 0.25) is 0 Å². The minimum Gasteiger partial charge on any atom is -0.344 e. The van der Waals surface area contributed by atoms with E-state index in [4.69, 9.17) is 0 Å². The van der Waals surface area contributed by atoms with Crippen LogP contribution in [0.5, 0.6) is 0 Å². The molecule has 5 rings (SSSR count). The first-order chi connectivity index (χ1) is 16.3. The molecule has 0 fully saturated rings. The fourth-order valence-corrected chi connectivity index (χ4v) is 5.95. The Bertz CT molecular complexity index is 1550. The Hall–Kier alpha value is -3.27. The molecule has 3 heterocycles. The number of fused-ring (bicyclic) bond motifs is 2. The number of allylic oxidation sites excluding steroid dienone is 1.